The van der Waals surface area contributed by atoms with Gasteiger partial charge in [-0.25, -0.2) is 0 Å². The Balaban J connectivity index is 0. The fraction of sp³-hybridized carbons (Fsp3) is 1.00. The van der Waals surface area contributed by atoms with E-state index in [4.69, 9.17) is 40.5 Å². The summed E-state index contributed by atoms with van der Waals surface area (Å²) < 4.78 is 0. The molecule has 0 saturated carbocycles. The van der Waals surface area contributed by atoms with Crippen LogP contribution in [0.25, 0.3) is 0 Å². The summed E-state index contributed by atoms with van der Waals surface area (Å²) in [6.07, 6.45) is 1.44. The Morgan fingerprint density at radius 3 is 1.20 bits per heavy atom. The van der Waals surface area contributed by atoms with Gasteiger partial charge in [0.15, 0.2) is 0 Å². The maximum atomic E-state index is 8.09. The van der Waals surface area contributed by atoms with E-state index in [1.54, 1.807) is 0 Å². The molecule has 0 aromatic carbocycles. The molecule has 0 saturated heterocycles. The molecule has 0 atom stereocenters. The first-order chi connectivity index (χ1) is 4.65. The predicted octanol–water partition coefficient (Wildman–Crippen LogP) is 1.82. The maximum absolute atomic E-state index is 8.09. The Hall–Kier alpha value is 1.31. The molecule has 2 N–H and O–H groups in total. The van der Waals surface area contributed by atoms with Crippen LogP contribution in [0.3, 0.4) is 0 Å². The third-order valence-electron chi connectivity index (χ3n) is 0.566. The summed E-state index contributed by atoms with van der Waals surface area (Å²) in [7, 11) is 14.7. The van der Waals surface area contributed by atoms with E-state index in [1.807, 2.05) is 0 Å². The molecule has 0 amide bonds. The van der Waals surface area contributed by atoms with Gasteiger partial charge in [0, 0.05) is 13.2 Å². The van der Waals surface area contributed by atoms with Crippen molar-refractivity contribution < 1.29 is 21.4 Å². The summed E-state index contributed by atoms with van der Waals surface area (Å²) in [6, 6.07) is 0. The van der Waals surface area contributed by atoms with E-state index in [0.29, 0.717) is 0 Å². The van der Waals surface area contributed by atoms with Crippen molar-refractivity contribution >= 4 is 30.3 Å². The average molecular weight is 252 g/mol. The van der Waals surface area contributed by atoms with Crippen LogP contribution in [0, 0.1) is 0 Å². The average Bonchev–Trinajstić information content (AvgIpc) is 1.82. The van der Waals surface area contributed by atoms with Gasteiger partial charge in [-0.1, -0.05) is 0 Å². The number of halogens is 3. The van der Waals surface area contributed by atoms with Crippen molar-refractivity contribution in [1.82, 2.24) is 0 Å². The van der Waals surface area contributed by atoms with Gasteiger partial charge in [0.1, 0.15) is 0 Å². The van der Waals surface area contributed by atoms with Gasteiger partial charge in [0.25, 0.3) is 0 Å². The first-order valence-electron chi connectivity index (χ1n) is 2.53. The van der Waals surface area contributed by atoms with Crippen LogP contribution in [-0.4, -0.2) is 23.4 Å². The minimum absolute atomic E-state index is 0.195. The van der Waals surface area contributed by atoms with E-state index in [9.17, 15) is 0 Å². The SMILES string of the molecule is OCCCCO.[Cl][Fe]([Cl])[Cl]. The van der Waals surface area contributed by atoms with E-state index in [-0.39, 0.29) is 13.2 Å². The molecule has 0 aliphatic heterocycles. The zero-order valence-corrected chi connectivity index (χ0v) is 8.58. The molecule has 0 rings (SSSR count). The number of hydrogen-bond acceptors (Lipinski definition) is 2. The van der Waals surface area contributed by atoms with Gasteiger partial charge in [-0.15, -0.1) is 0 Å². The normalized spacial score (nSPS) is 9.90. The van der Waals surface area contributed by atoms with Crippen LogP contribution in [0.5, 0.6) is 0 Å². The van der Waals surface area contributed by atoms with E-state index in [1.165, 1.54) is 0 Å². The van der Waals surface area contributed by atoms with Crippen molar-refractivity contribution in [1.29, 1.82) is 0 Å². The second-order valence-corrected chi connectivity index (χ2v) is 6.78. The molecule has 67 valence electrons. The van der Waals surface area contributed by atoms with E-state index < -0.39 is 11.2 Å². The summed E-state index contributed by atoms with van der Waals surface area (Å²) >= 11 is -1.33. The van der Waals surface area contributed by atoms with E-state index in [0.717, 1.165) is 12.8 Å². The molecule has 0 aliphatic rings. The number of hydrogen-bond donors (Lipinski definition) is 2. The van der Waals surface area contributed by atoms with Crippen LogP contribution in [0.15, 0.2) is 0 Å². The summed E-state index contributed by atoms with van der Waals surface area (Å²) in [5, 5.41) is 16.2. The Kier molecular flexibility index (Phi) is 17.9. The Morgan fingerprint density at radius 2 is 1.10 bits per heavy atom. The molecule has 10 heavy (non-hydrogen) atoms. The van der Waals surface area contributed by atoms with Gasteiger partial charge in [-0.2, -0.15) is 0 Å². The Bertz CT molecular complexity index is 49.0. The fourth-order valence-corrected chi connectivity index (χ4v) is 0.224. The van der Waals surface area contributed by atoms with Gasteiger partial charge in [-0.05, 0) is 12.8 Å². The number of rotatable bonds is 3. The minimum atomic E-state index is -1.33. The van der Waals surface area contributed by atoms with Crippen molar-refractivity contribution in [3.05, 3.63) is 0 Å². The summed E-state index contributed by atoms with van der Waals surface area (Å²) in [5.41, 5.74) is 0. The van der Waals surface area contributed by atoms with E-state index >= 15 is 0 Å². The molecule has 0 aromatic rings. The van der Waals surface area contributed by atoms with Gasteiger partial charge in [-0.3, -0.25) is 0 Å². The monoisotopic (exact) mass is 251 g/mol. The van der Waals surface area contributed by atoms with Crippen LogP contribution in [-0.2, 0) is 11.2 Å². The van der Waals surface area contributed by atoms with E-state index in [2.05, 4.69) is 0 Å². The molecule has 0 unspecified atom stereocenters. The van der Waals surface area contributed by atoms with Crippen LogP contribution >= 0.6 is 30.3 Å². The third-order valence-corrected chi connectivity index (χ3v) is 0.566. The fourth-order valence-electron chi connectivity index (χ4n) is 0.224. The topological polar surface area (TPSA) is 40.5 Å². The van der Waals surface area contributed by atoms with Crippen LogP contribution in [0.1, 0.15) is 12.8 Å². The van der Waals surface area contributed by atoms with Crippen LogP contribution < -0.4 is 0 Å². The molecule has 0 bridgehead atoms. The van der Waals surface area contributed by atoms with Crippen LogP contribution in [0.4, 0.5) is 0 Å². The molecule has 2 nitrogen and oxygen atoms in total. The Morgan fingerprint density at radius 1 is 0.900 bits per heavy atom. The standard InChI is InChI=1S/C4H10O2.3ClH.Fe/c5-3-1-2-4-6;;;;/h5-6H,1-4H2;3*1H;/q;;;;+3/p-3. The molecule has 6 heteroatoms. The number of aliphatic hydroxyl groups is 2. The molecule has 0 fully saturated rings. The summed E-state index contributed by atoms with van der Waals surface area (Å²) in [5.74, 6) is 0. The quantitative estimate of drug-likeness (QED) is 0.594. The first-order valence-corrected chi connectivity index (χ1v) is 7.09. The van der Waals surface area contributed by atoms with Gasteiger partial charge >= 0.3 is 41.5 Å². The van der Waals surface area contributed by atoms with Crippen molar-refractivity contribution in [2.45, 2.75) is 12.8 Å². The molecular formula is C4H10Cl3FeO2. The second kappa shape index (κ2) is 12.9. The van der Waals surface area contributed by atoms with Crippen molar-refractivity contribution in [2.24, 2.45) is 0 Å². The zero-order chi connectivity index (χ0) is 8.41. The zero-order valence-electron chi connectivity index (χ0n) is 5.21. The molecule has 0 spiro atoms. The van der Waals surface area contributed by atoms with Crippen molar-refractivity contribution in [2.75, 3.05) is 13.2 Å². The van der Waals surface area contributed by atoms with Gasteiger partial charge in [0.2, 0.25) is 0 Å². The summed E-state index contributed by atoms with van der Waals surface area (Å²) in [6.45, 7) is 0.390. The third kappa shape index (κ3) is 34.6. The van der Waals surface area contributed by atoms with Crippen molar-refractivity contribution in [3.8, 4) is 0 Å². The van der Waals surface area contributed by atoms with Gasteiger partial charge in [0.05, 0.1) is 0 Å². The molecular weight excluding hydrogens is 242 g/mol. The number of unbranched alkanes of at least 4 members (excludes halogenated alkanes) is 1. The number of aliphatic hydroxyl groups excluding tert-OH is 2. The predicted molar refractivity (Wildman–Crippen MR) is 41.0 cm³/mol. The molecule has 0 heterocycles. The van der Waals surface area contributed by atoms with Gasteiger partial charge < -0.3 is 10.2 Å². The summed E-state index contributed by atoms with van der Waals surface area (Å²) in [4.78, 5) is 0. The van der Waals surface area contributed by atoms with Crippen LogP contribution in [0.2, 0.25) is 0 Å². The molecule has 0 aromatic heterocycles. The Labute approximate surface area is 77.6 Å². The molecule has 0 aliphatic carbocycles. The first kappa shape index (κ1) is 13.9. The van der Waals surface area contributed by atoms with Crippen molar-refractivity contribution in [3.63, 3.8) is 0 Å². The second-order valence-electron chi connectivity index (χ2n) is 1.31. The molecule has 0 radical (unpaired) electrons.